The number of nitrogens with zero attached hydrogens (tertiary/aromatic N) is 3. The van der Waals surface area contributed by atoms with Crippen LogP contribution in [-0.4, -0.2) is 46.1 Å². The van der Waals surface area contributed by atoms with E-state index in [9.17, 15) is 9.59 Å². The van der Waals surface area contributed by atoms with E-state index in [4.69, 9.17) is 9.47 Å². The van der Waals surface area contributed by atoms with Crippen molar-refractivity contribution in [3.05, 3.63) is 98.7 Å². The van der Waals surface area contributed by atoms with E-state index >= 15 is 0 Å². The van der Waals surface area contributed by atoms with Gasteiger partial charge < -0.3 is 14.4 Å². The molecule has 3 aromatic heterocycles. The van der Waals surface area contributed by atoms with E-state index in [1.807, 2.05) is 36.4 Å². The number of pyridine rings is 1. The number of hydrogen-bond acceptors (Lipinski definition) is 6. The predicted molar refractivity (Wildman–Crippen MR) is 135 cm³/mol. The molecule has 0 bridgehead atoms. The standard InChI is InChI=1S/C27H27N3O4S/c31-26(24-17-28-25-10-1-2-12-30(25)27(24)32)29(19-22-8-4-13-33-22)18-20-6-3-7-21(16-20)34-14-11-23-9-5-15-35-23/h1-3,5-7,9-10,12,15-17,22H,4,8,11,13-14,18-19H2. The molecule has 1 aliphatic heterocycles. The summed E-state index contributed by atoms with van der Waals surface area (Å²) in [6.07, 6.45) is 5.69. The third kappa shape index (κ3) is 5.61. The number of ether oxygens (including phenoxy) is 2. The molecule has 5 rings (SSSR count). The van der Waals surface area contributed by atoms with Crippen LogP contribution in [0.3, 0.4) is 0 Å². The van der Waals surface area contributed by atoms with E-state index in [0.717, 1.165) is 30.6 Å². The molecule has 4 heterocycles. The fourth-order valence-electron chi connectivity index (χ4n) is 4.28. The first-order valence-electron chi connectivity index (χ1n) is 11.8. The van der Waals surface area contributed by atoms with Gasteiger partial charge in [-0.3, -0.25) is 14.0 Å². The first-order chi connectivity index (χ1) is 17.2. The van der Waals surface area contributed by atoms with E-state index in [-0.39, 0.29) is 23.1 Å². The van der Waals surface area contributed by atoms with Crippen LogP contribution in [-0.2, 0) is 17.7 Å². The quantitative estimate of drug-likeness (QED) is 0.352. The fraction of sp³-hybridized carbons (Fsp3) is 0.296. The van der Waals surface area contributed by atoms with Gasteiger partial charge in [-0.05, 0) is 54.1 Å². The van der Waals surface area contributed by atoms with Crippen LogP contribution in [0.4, 0.5) is 0 Å². The summed E-state index contributed by atoms with van der Waals surface area (Å²) in [5, 5.41) is 2.06. The van der Waals surface area contributed by atoms with E-state index in [2.05, 4.69) is 16.4 Å². The molecule has 1 aromatic carbocycles. The van der Waals surface area contributed by atoms with Gasteiger partial charge in [-0.2, -0.15) is 0 Å². The van der Waals surface area contributed by atoms with Gasteiger partial charge in [0, 0.05) is 43.4 Å². The second-order valence-corrected chi connectivity index (χ2v) is 9.58. The third-order valence-corrected chi connectivity index (χ3v) is 6.98. The summed E-state index contributed by atoms with van der Waals surface area (Å²) in [5.74, 6) is 0.413. The maximum atomic E-state index is 13.6. The Morgan fingerprint density at radius 3 is 2.97 bits per heavy atom. The molecule has 1 saturated heterocycles. The molecule has 1 unspecified atom stereocenters. The van der Waals surface area contributed by atoms with Gasteiger partial charge in [-0.25, -0.2) is 4.98 Å². The zero-order valence-electron chi connectivity index (χ0n) is 19.3. The lowest BCUT2D eigenvalue weighted by Crippen LogP contribution is -2.40. The van der Waals surface area contributed by atoms with Crippen LogP contribution in [0, 0.1) is 0 Å². The van der Waals surface area contributed by atoms with Crippen LogP contribution in [0.1, 0.15) is 33.6 Å². The number of carbonyl (C=O) groups excluding carboxylic acids is 1. The molecule has 1 atom stereocenters. The van der Waals surface area contributed by atoms with Gasteiger partial charge in [0.05, 0.1) is 12.7 Å². The van der Waals surface area contributed by atoms with Crippen LogP contribution in [0.5, 0.6) is 5.75 Å². The van der Waals surface area contributed by atoms with Gasteiger partial charge in [0.1, 0.15) is 17.0 Å². The van der Waals surface area contributed by atoms with Gasteiger partial charge >= 0.3 is 0 Å². The molecule has 8 heteroatoms. The maximum Gasteiger partial charge on any atom is 0.270 e. The van der Waals surface area contributed by atoms with Crippen molar-refractivity contribution in [3.63, 3.8) is 0 Å². The van der Waals surface area contributed by atoms with Crippen LogP contribution in [0.15, 0.2) is 77.2 Å². The summed E-state index contributed by atoms with van der Waals surface area (Å²) in [7, 11) is 0. The minimum Gasteiger partial charge on any atom is -0.493 e. The SMILES string of the molecule is O=C(c1cnc2ccccn2c1=O)N(Cc1cccc(OCCc2cccs2)c1)CC1CCCO1. The summed E-state index contributed by atoms with van der Waals surface area (Å²) in [5.41, 5.74) is 1.12. The lowest BCUT2D eigenvalue weighted by molar-refractivity contribution is 0.0505. The molecule has 35 heavy (non-hydrogen) atoms. The van der Waals surface area contributed by atoms with Gasteiger partial charge in [0.15, 0.2) is 0 Å². The van der Waals surface area contributed by atoms with Crippen LogP contribution >= 0.6 is 11.3 Å². The van der Waals surface area contributed by atoms with Crippen molar-refractivity contribution in [2.24, 2.45) is 0 Å². The second-order valence-electron chi connectivity index (χ2n) is 8.55. The van der Waals surface area contributed by atoms with Crippen molar-refractivity contribution in [3.8, 4) is 5.75 Å². The summed E-state index contributed by atoms with van der Waals surface area (Å²) in [4.78, 5) is 33.9. The number of rotatable bonds is 9. The monoisotopic (exact) mass is 489 g/mol. The molecular formula is C27H27N3O4S. The van der Waals surface area contributed by atoms with Gasteiger partial charge in [-0.15, -0.1) is 11.3 Å². The zero-order chi connectivity index (χ0) is 24.0. The highest BCUT2D eigenvalue weighted by molar-refractivity contribution is 7.09. The number of amides is 1. The Kier molecular flexibility index (Phi) is 7.20. The normalized spacial score (nSPS) is 15.4. The summed E-state index contributed by atoms with van der Waals surface area (Å²) in [6.45, 7) is 2.04. The van der Waals surface area contributed by atoms with Crippen LogP contribution < -0.4 is 10.3 Å². The molecule has 0 aliphatic carbocycles. The van der Waals surface area contributed by atoms with E-state index in [0.29, 0.717) is 32.0 Å². The zero-order valence-corrected chi connectivity index (χ0v) is 20.2. The summed E-state index contributed by atoms with van der Waals surface area (Å²) < 4.78 is 13.2. The summed E-state index contributed by atoms with van der Waals surface area (Å²) >= 11 is 1.72. The Morgan fingerprint density at radius 1 is 1.20 bits per heavy atom. The smallest absolute Gasteiger partial charge is 0.270 e. The largest absolute Gasteiger partial charge is 0.493 e. The van der Waals surface area contributed by atoms with Crippen molar-refractivity contribution >= 4 is 22.9 Å². The molecule has 0 N–H and O–H groups in total. The average molecular weight is 490 g/mol. The van der Waals surface area contributed by atoms with Crippen LogP contribution in [0.2, 0.25) is 0 Å². The number of hydrogen-bond donors (Lipinski definition) is 0. The number of thiophene rings is 1. The Balaban J connectivity index is 1.35. The van der Waals surface area contributed by atoms with Crippen molar-refractivity contribution in [2.45, 2.75) is 31.9 Å². The maximum absolute atomic E-state index is 13.6. The van der Waals surface area contributed by atoms with E-state index in [1.54, 1.807) is 34.6 Å². The molecule has 7 nitrogen and oxygen atoms in total. The van der Waals surface area contributed by atoms with Gasteiger partial charge in [0.2, 0.25) is 0 Å². The molecule has 0 radical (unpaired) electrons. The lowest BCUT2D eigenvalue weighted by Gasteiger charge is -2.25. The van der Waals surface area contributed by atoms with Crippen LogP contribution in [0.25, 0.3) is 5.65 Å². The van der Waals surface area contributed by atoms with Crippen molar-refractivity contribution in [1.82, 2.24) is 14.3 Å². The Labute approximate surface area is 207 Å². The first-order valence-corrected chi connectivity index (χ1v) is 12.7. The molecule has 1 amide bonds. The number of fused-ring (bicyclic) bond motifs is 1. The fourth-order valence-corrected chi connectivity index (χ4v) is 4.97. The van der Waals surface area contributed by atoms with E-state index < -0.39 is 0 Å². The Bertz CT molecular complexity index is 1350. The highest BCUT2D eigenvalue weighted by atomic mass is 32.1. The topological polar surface area (TPSA) is 73.1 Å². The van der Waals surface area contributed by atoms with E-state index in [1.165, 1.54) is 15.5 Å². The van der Waals surface area contributed by atoms with Gasteiger partial charge in [0.25, 0.3) is 11.5 Å². The van der Waals surface area contributed by atoms with Crippen molar-refractivity contribution in [2.75, 3.05) is 19.8 Å². The molecule has 0 saturated carbocycles. The number of carbonyl (C=O) groups is 1. The summed E-state index contributed by atoms with van der Waals surface area (Å²) in [6, 6.07) is 17.2. The highest BCUT2D eigenvalue weighted by Gasteiger charge is 2.26. The first kappa shape index (κ1) is 23.3. The molecular weight excluding hydrogens is 462 g/mol. The minimum atomic E-state index is -0.372. The van der Waals surface area contributed by atoms with Crippen molar-refractivity contribution < 1.29 is 14.3 Å². The molecule has 4 aromatic rings. The number of aromatic nitrogens is 2. The molecule has 1 aliphatic rings. The molecule has 0 spiro atoms. The third-order valence-electron chi connectivity index (χ3n) is 6.05. The Morgan fingerprint density at radius 2 is 2.14 bits per heavy atom. The average Bonchev–Trinajstić information content (AvgIpc) is 3.59. The Hall–Kier alpha value is -3.49. The molecule has 180 valence electrons. The molecule has 1 fully saturated rings. The minimum absolute atomic E-state index is 0.0413. The second kappa shape index (κ2) is 10.8. The lowest BCUT2D eigenvalue weighted by atomic mass is 10.1. The highest BCUT2D eigenvalue weighted by Crippen LogP contribution is 2.20. The van der Waals surface area contributed by atoms with Crippen molar-refractivity contribution in [1.29, 1.82) is 0 Å². The predicted octanol–water partition coefficient (Wildman–Crippen LogP) is 4.20. The number of benzene rings is 1. The van der Waals surface area contributed by atoms with Gasteiger partial charge in [-0.1, -0.05) is 24.3 Å².